The van der Waals surface area contributed by atoms with E-state index in [4.69, 9.17) is 22.1 Å². The molecule has 1 atom stereocenters. The zero-order valence-corrected chi connectivity index (χ0v) is 12.7. The molecule has 19 heavy (non-hydrogen) atoms. The highest BCUT2D eigenvalue weighted by molar-refractivity contribution is 7.98. The standard InChI is InChI=1S/C13H19ClN2O2S/c1-18-12-5-3-4-10(14)9(12)8-16-13(17)11(15)6-7-19-2/h3-5,11H,6-8,15H2,1-2H3,(H,16,17)/t11-/m1/s1. The summed E-state index contributed by atoms with van der Waals surface area (Å²) in [5.74, 6) is 1.35. The van der Waals surface area contributed by atoms with E-state index in [1.807, 2.05) is 6.26 Å². The number of nitrogens with one attached hydrogen (secondary N) is 1. The molecule has 0 spiro atoms. The number of amides is 1. The van der Waals surface area contributed by atoms with Crippen LogP contribution < -0.4 is 15.8 Å². The fraction of sp³-hybridized carbons (Fsp3) is 0.462. The second-order valence-electron chi connectivity index (χ2n) is 4.03. The molecule has 106 valence electrons. The number of benzene rings is 1. The average Bonchev–Trinajstić information content (AvgIpc) is 2.42. The Kier molecular flexibility index (Phi) is 7.05. The van der Waals surface area contributed by atoms with Crippen molar-refractivity contribution in [2.45, 2.75) is 19.0 Å². The number of hydrogen-bond acceptors (Lipinski definition) is 4. The van der Waals surface area contributed by atoms with Gasteiger partial charge in [0.2, 0.25) is 5.91 Å². The number of ether oxygens (including phenoxy) is 1. The van der Waals surface area contributed by atoms with Crippen molar-refractivity contribution in [3.63, 3.8) is 0 Å². The highest BCUT2D eigenvalue weighted by atomic mass is 35.5. The summed E-state index contributed by atoms with van der Waals surface area (Å²) in [6.07, 6.45) is 2.64. The van der Waals surface area contributed by atoms with Gasteiger partial charge in [-0.2, -0.15) is 11.8 Å². The molecule has 1 aromatic carbocycles. The third kappa shape index (κ3) is 4.93. The summed E-state index contributed by atoms with van der Waals surface area (Å²) in [6, 6.07) is 4.89. The van der Waals surface area contributed by atoms with Crippen LogP contribution in [0.15, 0.2) is 18.2 Å². The Bertz CT molecular complexity index is 429. The SMILES string of the molecule is COc1cccc(Cl)c1CNC(=O)[C@H](N)CCSC. The van der Waals surface area contributed by atoms with Crippen molar-refractivity contribution in [3.05, 3.63) is 28.8 Å². The molecule has 0 radical (unpaired) electrons. The molecule has 0 aliphatic rings. The topological polar surface area (TPSA) is 64.3 Å². The summed E-state index contributed by atoms with van der Waals surface area (Å²) in [6.45, 7) is 0.314. The molecule has 1 rings (SSSR count). The van der Waals surface area contributed by atoms with Crippen molar-refractivity contribution < 1.29 is 9.53 Å². The van der Waals surface area contributed by atoms with Gasteiger partial charge in [0, 0.05) is 17.1 Å². The van der Waals surface area contributed by atoms with Crippen LogP contribution in [0.2, 0.25) is 5.02 Å². The van der Waals surface area contributed by atoms with Crippen LogP contribution in [0.5, 0.6) is 5.75 Å². The van der Waals surface area contributed by atoms with Gasteiger partial charge in [0.05, 0.1) is 13.2 Å². The maximum Gasteiger partial charge on any atom is 0.237 e. The van der Waals surface area contributed by atoms with E-state index in [0.29, 0.717) is 23.7 Å². The summed E-state index contributed by atoms with van der Waals surface area (Å²) >= 11 is 7.76. The number of hydrogen-bond donors (Lipinski definition) is 2. The second kappa shape index (κ2) is 8.30. The largest absolute Gasteiger partial charge is 0.496 e. The van der Waals surface area contributed by atoms with Crippen LogP contribution in [0, 0.1) is 0 Å². The fourth-order valence-electron chi connectivity index (χ4n) is 1.58. The molecule has 0 saturated heterocycles. The number of thioether (sulfide) groups is 1. The van der Waals surface area contributed by atoms with E-state index >= 15 is 0 Å². The summed E-state index contributed by atoms with van der Waals surface area (Å²) < 4.78 is 5.21. The van der Waals surface area contributed by atoms with Gasteiger partial charge in [0.15, 0.2) is 0 Å². The van der Waals surface area contributed by atoms with E-state index in [9.17, 15) is 4.79 Å². The Balaban J connectivity index is 2.59. The first kappa shape index (κ1) is 16.1. The van der Waals surface area contributed by atoms with Crippen molar-refractivity contribution in [2.75, 3.05) is 19.1 Å². The number of methoxy groups -OCH3 is 1. The summed E-state index contributed by atoms with van der Waals surface area (Å²) in [7, 11) is 1.57. The normalized spacial score (nSPS) is 12.0. The van der Waals surface area contributed by atoms with Gasteiger partial charge in [-0.05, 0) is 30.6 Å². The van der Waals surface area contributed by atoms with Crippen LogP contribution >= 0.6 is 23.4 Å². The third-order valence-corrected chi connectivity index (χ3v) is 3.70. The first-order valence-electron chi connectivity index (χ1n) is 5.93. The molecule has 6 heteroatoms. The Morgan fingerprint density at radius 3 is 2.95 bits per heavy atom. The van der Waals surface area contributed by atoms with Gasteiger partial charge in [-0.3, -0.25) is 4.79 Å². The predicted octanol–water partition coefficient (Wildman–Crippen LogP) is 2.05. The van der Waals surface area contributed by atoms with E-state index < -0.39 is 6.04 Å². The molecule has 1 amide bonds. The molecule has 4 nitrogen and oxygen atoms in total. The van der Waals surface area contributed by atoms with Gasteiger partial charge in [0.1, 0.15) is 5.75 Å². The average molecular weight is 303 g/mol. The van der Waals surface area contributed by atoms with Gasteiger partial charge in [-0.25, -0.2) is 0 Å². The zero-order chi connectivity index (χ0) is 14.3. The molecule has 0 fully saturated rings. The van der Waals surface area contributed by atoms with Crippen molar-refractivity contribution >= 4 is 29.3 Å². The van der Waals surface area contributed by atoms with E-state index in [1.165, 1.54) is 0 Å². The van der Waals surface area contributed by atoms with Crippen LogP contribution in [0.3, 0.4) is 0 Å². The first-order valence-corrected chi connectivity index (χ1v) is 7.71. The minimum absolute atomic E-state index is 0.170. The van der Waals surface area contributed by atoms with E-state index in [0.717, 1.165) is 11.3 Å². The predicted molar refractivity (Wildman–Crippen MR) is 80.8 cm³/mol. The van der Waals surface area contributed by atoms with Gasteiger partial charge in [-0.15, -0.1) is 0 Å². The highest BCUT2D eigenvalue weighted by Crippen LogP contribution is 2.25. The number of carbonyl (C=O) groups is 1. The smallest absolute Gasteiger partial charge is 0.237 e. The number of rotatable bonds is 7. The van der Waals surface area contributed by atoms with E-state index in [-0.39, 0.29) is 5.91 Å². The minimum Gasteiger partial charge on any atom is -0.496 e. The van der Waals surface area contributed by atoms with Crippen molar-refractivity contribution in [1.29, 1.82) is 0 Å². The fourth-order valence-corrected chi connectivity index (χ4v) is 2.31. The van der Waals surface area contributed by atoms with Gasteiger partial charge in [0.25, 0.3) is 0 Å². The van der Waals surface area contributed by atoms with Crippen LogP contribution in [0.4, 0.5) is 0 Å². The summed E-state index contributed by atoms with van der Waals surface area (Å²) in [5, 5.41) is 3.35. The molecule has 0 aromatic heterocycles. The van der Waals surface area contributed by atoms with E-state index in [2.05, 4.69) is 5.32 Å². The highest BCUT2D eigenvalue weighted by Gasteiger charge is 2.14. The Morgan fingerprint density at radius 1 is 1.58 bits per heavy atom. The minimum atomic E-state index is -0.485. The van der Waals surface area contributed by atoms with Gasteiger partial charge in [-0.1, -0.05) is 17.7 Å². The Morgan fingerprint density at radius 2 is 2.32 bits per heavy atom. The quantitative estimate of drug-likeness (QED) is 0.809. The van der Waals surface area contributed by atoms with Crippen molar-refractivity contribution in [3.8, 4) is 5.75 Å². The van der Waals surface area contributed by atoms with Gasteiger partial charge >= 0.3 is 0 Å². The molecular weight excluding hydrogens is 284 g/mol. The summed E-state index contributed by atoms with van der Waals surface area (Å²) in [4.78, 5) is 11.8. The van der Waals surface area contributed by atoms with Crippen LogP contribution in [-0.4, -0.2) is 31.1 Å². The van der Waals surface area contributed by atoms with Crippen LogP contribution in [0.25, 0.3) is 0 Å². The monoisotopic (exact) mass is 302 g/mol. The lowest BCUT2D eigenvalue weighted by atomic mass is 10.2. The molecule has 0 aliphatic carbocycles. The number of nitrogens with two attached hydrogens (primary N) is 1. The van der Waals surface area contributed by atoms with Gasteiger partial charge < -0.3 is 15.8 Å². The zero-order valence-electron chi connectivity index (χ0n) is 11.1. The maximum atomic E-state index is 11.8. The third-order valence-electron chi connectivity index (χ3n) is 2.70. The Hall–Kier alpha value is -0.910. The molecule has 0 bridgehead atoms. The second-order valence-corrected chi connectivity index (χ2v) is 5.42. The van der Waals surface area contributed by atoms with Crippen LogP contribution in [-0.2, 0) is 11.3 Å². The number of halogens is 1. The maximum absolute atomic E-state index is 11.8. The number of carbonyl (C=O) groups excluding carboxylic acids is 1. The lowest BCUT2D eigenvalue weighted by Crippen LogP contribution is -2.40. The molecule has 3 N–H and O–H groups in total. The van der Waals surface area contributed by atoms with E-state index in [1.54, 1.807) is 37.1 Å². The molecular formula is C13H19ClN2O2S. The Labute approximate surface area is 123 Å². The molecule has 0 unspecified atom stereocenters. The van der Waals surface area contributed by atoms with Crippen LogP contribution in [0.1, 0.15) is 12.0 Å². The molecule has 0 saturated carbocycles. The first-order chi connectivity index (χ1) is 9.10. The lowest BCUT2D eigenvalue weighted by molar-refractivity contribution is -0.122. The van der Waals surface area contributed by atoms with Crippen molar-refractivity contribution in [2.24, 2.45) is 5.73 Å². The molecule has 0 aliphatic heterocycles. The van der Waals surface area contributed by atoms with Crippen molar-refractivity contribution in [1.82, 2.24) is 5.32 Å². The summed E-state index contributed by atoms with van der Waals surface area (Å²) in [5.41, 5.74) is 6.55. The molecule has 1 aromatic rings. The lowest BCUT2D eigenvalue weighted by Gasteiger charge is -2.14. The molecule has 0 heterocycles.